The maximum atomic E-state index is 12.2. The van der Waals surface area contributed by atoms with Crippen molar-refractivity contribution < 1.29 is 9.21 Å². The third-order valence-electron chi connectivity index (χ3n) is 4.56. The molecule has 1 amide bonds. The summed E-state index contributed by atoms with van der Waals surface area (Å²) in [5.41, 5.74) is 0.933. The first-order valence-corrected chi connectivity index (χ1v) is 6.94. The molecule has 19 heavy (non-hydrogen) atoms. The summed E-state index contributed by atoms with van der Waals surface area (Å²) in [5.74, 6) is 0.212. The van der Waals surface area contributed by atoms with E-state index in [9.17, 15) is 4.79 Å². The fourth-order valence-electron chi connectivity index (χ4n) is 3.22. The zero-order valence-electron chi connectivity index (χ0n) is 11.4. The summed E-state index contributed by atoms with van der Waals surface area (Å²) >= 11 is 0. The quantitative estimate of drug-likeness (QED) is 0.852. The van der Waals surface area contributed by atoms with E-state index in [0.717, 1.165) is 45.6 Å². The van der Waals surface area contributed by atoms with Crippen molar-refractivity contribution in [3.05, 3.63) is 24.2 Å². The number of likely N-dealkylation sites (tertiary alicyclic amines) is 1. The summed E-state index contributed by atoms with van der Waals surface area (Å²) in [6.07, 6.45) is 5.33. The van der Waals surface area contributed by atoms with Crippen molar-refractivity contribution in [2.45, 2.75) is 24.9 Å². The van der Waals surface area contributed by atoms with Gasteiger partial charge in [0.25, 0.3) is 0 Å². The molecular formula is C14H21N3O2. The zero-order valence-corrected chi connectivity index (χ0v) is 11.4. The first-order chi connectivity index (χ1) is 9.21. The fourth-order valence-corrected chi connectivity index (χ4v) is 3.22. The number of piperazine rings is 1. The zero-order chi connectivity index (χ0) is 13.3. The van der Waals surface area contributed by atoms with Crippen LogP contribution in [0, 0.1) is 0 Å². The highest BCUT2D eigenvalue weighted by Crippen LogP contribution is 2.30. The van der Waals surface area contributed by atoms with Crippen molar-refractivity contribution in [1.29, 1.82) is 0 Å². The Morgan fingerprint density at radius 3 is 2.79 bits per heavy atom. The van der Waals surface area contributed by atoms with E-state index in [1.165, 1.54) is 5.56 Å². The maximum Gasteiger partial charge on any atom is 0.240 e. The Balaban J connectivity index is 1.63. The molecule has 0 saturated carbocycles. The number of carbonyl (C=O) groups excluding carboxylic acids is 1. The standard InChI is InChI=1S/C14H21N3O2/c1-16-8-5-15-13(18)14(16)3-6-17(7-4-14)10-12-2-9-19-11-12/h2,9,11H,3-8,10H2,1H3,(H,15,18). The molecule has 0 radical (unpaired) electrons. The molecule has 3 rings (SSSR count). The molecule has 0 bridgehead atoms. The summed E-state index contributed by atoms with van der Waals surface area (Å²) in [5, 5.41) is 3.02. The van der Waals surface area contributed by atoms with Gasteiger partial charge in [0, 0.05) is 38.3 Å². The molecule has 1 spiro atoms. The Morgan fingerprint density at radius 1 is 1.37 bits per heavy atom. The highest BCUT2D eigenvalue weighted by Gasteiger charge is 2.46. The number of carbonyl (C=O) groups is 1. The molecule has 1 aromatic rings. The summed E-state index contributed by atoms with van der Waals surface area (Å²) in [7, 11) is 2.07. The topological polar surface area (TPSA) is 48.7 Å². The van der Waals surface area contributed by atoms with E-state index in [4.69, 9.17) is 4.42 Å². The summed E-state index contributed by atoms with van der Waals surface area (Å²) in [4.78, 5) is 16.9. The van der Waals surface area contributed by atoms with Gasteiger partial charge in [0.15, 0.2) is 0 Å². The molecule has 1 N–H and O–H groups in total. The van der Waals surface area contributed by atoms with Crippen molar-refractivity contribution in [3.8, 4) is 0 Å². The lowest BCUT2D eigenvalue weighted by molar-refractivity contribution is -0.140. The number of likely N-dealkylation sites (N-methyl/N-ethyl adjacent to an activating group) is 1. The molecule has 2 saturated heterocycles. The van der Waals surface area contributed by atoms with Gasteiger partial charge in [-0.2, -0.15) is 0 Å². The van der Waals surface area contributed by atoms with Crippen molar-refractivity contribution in [1.82, 2.24) is 15.1 Å². The van der Waals surface area contributed by atoms with Crippen molar-refractivity contribution in [3.63, 3.8) is 0 Å². The summed E-state index contributed by atoms with van der Waals surface area (Å²) in [6, 6.07) is 2.00. The molecule has 0 atom stereocenters. The van der Waals surface area contributed by atoms with E-state index < -0.39 is 0 Å². The average molecular weight is 263 g/mol. The number of rotatable bonds is 2. The highest BCUT2D eigenvalue weighted by atomic mass is 16.3. The van der Waals surface area contributed by atoms with Gasteiger partial charge in [0.2, 0.25) is 5.91 Å². The second kappa shape index (κ2) is 4.98. The number of nitrogens with one attached hydrogen (secondary N) is 1. The lowest BCUT2D eigenvalue weighted by Gasteiger charge is -2.48. The number of amides is 1. The third-order valence-corrected chi connectivity index (χ3v) is 4.56. The van der Waals surface area contributed by atoms with Gasteiger partial charge in [-0.1, -0.05) is 0 Å². The Morgan fingerprint density at radius 2 is 2.16 bits per heavy atom. The van der Waals surface area contributed by atoms with Crippen LogP contribution in [0.1, 0.15) is 18.4 Å². The molecule has 0 unspecified atom stereocenters. The average Bonchev–Trinajstić information content (AvgIpc) is 2.91. The molecule has 2 aliphatic rings. The van der Waals surface area contributed by atoms with E-state index in [0.29, 0.717) is 0 Å². The minimum Gasteiger partial charge on any atom is -0.472 e. The molecular weight excluding hydrogens is 242 g/mol. The van der Waals surface area contributed by atoms with E-state index in [1.807, 2.05) is 6.07 Å². The number of nitrogens with zero attached hydrogens (tertiary/aromatic N) is 2. The van der Waals surface area contributed by atoms with Crippen LogP contribution >= 0.6 is 0 Å². The monoisotopic (exact) mass is 263 g/mol. The second-order valence-electron chi connectivity index (χ2n) is 5.62. The highest BCUT2D eigenvalue weighted by molar-refractivity contribution is 5.87. The van der Waals surface area contributed by atoms with E-state index >= 15 is 0 Å². The maximum absolute atomic E-state index is 12.2. The molecule has 2 fully saturated rings. The third kappa shape index (κ3) is 2.28. The van der Waals surface area contributed by atoms with Gasteiger partial charge in [-0.3, -0.25) is 14.6 Å². The van der Waals surface area contributed by atoms with E-state index in [2.05, 4.69) is 22.2 Å². The van der Waals surface area contributed by atoms with Gasteiger partial charge >= 0.3 is 0 Å². The van der Waals surface area contributed by atoms with Gasteiger partial charge in [0.05, 0.1) is 12.5 Å². The van der Waals surface area contributed by atoms with Crippen LogP contribution in [0.5, 0.6) is 0 Å². The van der Waals surface area contributed by atoms with Crippen molar-refractivity contribution >= 4 is 5.91 Å². The smallest absolute Gasteiger partial charge is 0.240 e. The number of piperidine rings is 1. The normalized spacial score (nSPS) is 24.6. The van der Waals surface area contributed by atoms with Crippen molar-refractivity contribution in [2.75, 3.05) is 33.2 Å². The van der Waals surface area contributed by atoms with E-state index in [-0.39, 0.29) is 11.4 Å². The van der Waals surface area contributed by atoms with Crippen LogP contribution in [-0.2, 0) is 11.3 Å². The van der Waals surface area contributed by atoms with Gasteiger partial charge in [-0.15, -0.1) is 0 Å². The SMILES string of the molecule is CN1CCNC(=O)C12CCN(Cc1ccoc1)CC2. The van der Waals surface area contributed by atoms with Gasteiger partial charge in [-0.25, -0.2) is 0 Å². The molecule has 2 aliphatic heterocycles. The van der Waals surface area contributed by atoms with E-state index in [1.54, 1.807) is 12.5 Å². The minimum atomic E-state index is -0.273. The van der Waals surface area contributed by atoms with Crippen molar-refractivity contribution in [2.24, 2.45) is 0 Å². The molecule has 0 aliphatic carbocycles. The van der Waals surface area contributed by atoms with Crippen LogP contribution in [0.4, 0.5) is 0 Å². The molecule has 5 heteroatoms. The first-order valence-electron chi connectivity index (χ1n) is 6.94. The van der Waals surface area contributed by atoms with Crippen LogP contribution in [0.3, 0.4) is 0 Å². The second-order valence-corrected chi connectivity index (χ2v) is 5.62. The molecule has 104 valence electrons. The number of hydrogen-bond acceptors (Lipinski definition) is 4. The lowest BCUT2D eigenvalue weighted by Crippen LogP contribution is -2.66. The van der Waals surface area contributed by atoms with Crippen LogP contribution in [0.15, 0.2) is 23.0 Å². The first kappa shape index (κ1) is 12.7. The van der Waals surface area contributed by atoms with Gasteiger partial charge in [0.1, 0.15) is 5.54 Å². The summed E-state index contributed by atoms with van der Waals surface area (Å²) in [6.45, 7) is 4.56. The number of hydrogen-bond donors (Lipinski definition) is 1. The Bertz CT molecular complexity index is 436. The van der Waals surface area contributed by atoms with Gasteiger partial charge < -0.3 is 9.73 Å². The van der Waals surface area contributed by atoms with Crippen LogP contribution in [0.2, 0.25) is 0 Å². The van der Waals surface area contributed by atoms with Crippen LogP contribution < -0.4 is 5.32 Å². The molecule has 0 aromatic carbocycles. The fraction of sp³-hybridized carbons (Fsp3) is 0.643. The van der Waals surface area contributed by atoms with Crippen LogP contribution in [0.25, 0.3) is 0 Å². The summed E-state index contributed by atoms with van der Waals surface area (Å²) < 4.78 is 5.10. The Labute approximate surface area is 113 Å². The number of furan rings is 1. The predicted octanol–water partition coefficient (Wildman–Crippen LogP) is 0.676. The molecule has 3 heterocycles. The van der Waals surface area contributed by atoms with Crippen LogP contribution in [-0.4, -0.2) is 54.5 Å². The molecule has 5 nitrogen and oxygen atoms in total. The Kier molecular flexibility index (Phi) is 3.33. The predicted molar refractivity (Wildman–Crippen MR) is 71.6 cm³/mol. The van der Waals surface area contributed by atoms with Gasteiger partial charge in [-0.05, 0) is 26.0 Å². The molecule has 1 aromatic heterocycles. The minimum absolute atomic E-state index is 0.212. The lowest BCUT2D eigenvalue weighted by atomic mass is 9.83. The Hall–Kier alpha value is -1.33. The largest absolute Gasteiger partial charge is 0.472 e.